The smallest absolute Gasteiger partial charge is 0.310 e. The van der Waals surface area contributed by atoms with Gasteiger partial charge in [-0.25, -0.2) is 0 Å². The molecule has 2 atom stereocenters. The van der Waals surface area contributed by atoms with Crippen LogP contribution in [0.3, 0.4) is 0 Å². The Morgan fingerprint density at radius 3 is 2.87 bits per heavy atom. The average Bonchev–Trinajstić information content (AvgIpc) is 2.59. The standard InChI is InChI=1S/C20H23NO2/c1-3-13-23-20(22)18-10-9-16(15-7-5-4-6-8-15)17-11-12-21(2)14-19(17)18/h1,4-8,18-19H,9-14H2,2H3. The van der Waals surface area contributed by atoms with Crippen molar-refractivity contribution < 1.29 is 9.53 Å². The van der Waals surface area contributed by atoms with E-state index in [9.17, 15) is 4.79 Å². The highest BCUT2D eigenvalue weighted by atomic mass is 16.5. The first-order valence-electron chi connectivity index (χ1n) is 8.26. The molecule has 0 aromatic heterocycles. The molecule has 3 nitrogen and oxygen atoms in total. The second-order valence-electron chi connectivity index (χ2n) is 6.45. The van der Waals surface area contributed by atoms with Gasteiger partial charge in [0.25, 0.3) is 0 Å². The zero-order valence-corrected chi connectivity index (χ0v) is 13.6. The molecule has 0 saturated carbocycles. The number of carbonyl (C=O) groups is 1. The number of terminal acetylenes is 1. The van der Waals surface area contributed by atoms with Crippen LogP contribution in [0.25, 0.3) is 5.57 Å². The summed E-state index contributed by atoms with van der Waals surface area (Å²) in [6, 6.07) is 10.6. The third kappa shape index (κ3) is 3.33. The number of ether oxygens (including phenoxy) is 1. The van der Waals surface area contributed by atoms with Crippen LogP contribution in [-0.4, -0.2) is 37.6 Å². The van der Waals surface area contributed by atoms with Gasteiger partial charge in [0.05, 0.1) is 5.92 Å². The summed E-state index contributed by atoms with van der Waals surface area (Å²) in [5, 5.41) is 0. The van der Waals surface area contributed by atoms with Crippen molar-refractivity contribution in [3.05, 3.63) is 41.5 Å². The van der Waals surface area contributed by atoms with Crippen LogP contribution in [0, 0.1) is 24.2 Å². The van der Waals surface area contributed by atoms with Crippen molar-refractivity contribution in [3.8, 4) is 12.3 Å². The third-order valence-corrected chi connectivity index (χ3v) is 5.02. The fourth-order valence-corrected chi connectivity index (χ4v) is 3.91. The van der Waals surface area contributed by atoms with Gasteiger partial charge in [-0.05, 0) is 37.4 Å². The van der Waals surface area contributed by atoms with Crippen LogP contribution in [0.5, 0.6) is 0 Å². The summed E-state index contributed by atoms with van der Waals surface area (Å²) in [7, 11) is 2.12. The molecular formula is C20H23NO2. The van der Waals surface area contributed by atoms with E-state index in [0.717, 1.165) is 32.4 Å². The summed E-state index contributed by atoms with van der Waals surface area (Å²) >= 11 is 0. The van der Waals surface area contributed by atoms with Gasteiger partial charge in [-0.15, -0.1) is 6.42 Å². The Bertz CT molecular complexity index is 641. The highest BCUT2D eigenvalue weighted by Crippen LogP contribution is 2.43. The highest BCUT2D eigenvalue weighted by molar-refractivity contribution is 5.78. The van der Waals surface area contributed by atoms with E-state index in [1.54, 1.807) is 0 Å². The van der Waals surface area contributed by atoms with Gasteiger partial charge in [-0.2, -0.15) is 0 Å². The molecule has 1 heterocycles. The Morgan fingerprint density at radius 2 is 2.13 bits per heavy atom. The quantitative estimate of drug-likeness (QED) is 0.635. The number of rotatable bonds is 3. The predicted octanol–water partition coefficient (Wildman–Crippen LogP) is 2.98. The maximum absolute atomic E-state index is 12.4. The Kier molecular flexibility index (Phi) is 4.83. The molecule has 1 aromatic carbocycles. The van der Waals surface area contributed by atoms with Crippen LogP contribution >= 0.6 is 0 Å². The zero-order chi connectivity index (χ0) is 16.2. The molecule has 23 heavy (non-hydrogen) atoms. The molecule has 1 saturated heterocycles. The van der Waals surface area contributed by atoms with E-state index < -0.39 is 0 Å². The molecule has 0 N–H and O–H groups in total. The topological polar surface area (TPSA) is 29.5 Å². The van der Waals surface area contributed by atoms with Gasteiger partial charge in [0.1, 0.15) is 0 Å². The summed E-state index contributed by atoms with van der Waals surface area (Å²) in [6.45, 7) is 2.04. The lowest BCUT2D eigenvalue weighted by molar-refractivity contribution is -0.149. The van der Waals surface area contributed by atoms with E-state index in [1.807, 2.05) is 6.07 Å². The second-order valence-corrected chi connectivity index (χ2v) is 6.45. The van der Waals surface area contributed by atoms with E-state index in [2.05, 4.69) is 42.1 Å². The predicted molar refractivity (Wildman–Crippen MR) is 91.5 cm³/mol. The van der Waals surface area contributed by atoms with Gasteiger partial charge < -0.3 is 9.64 Å². The van der Waals surface area contributed by atoms with Crippen molar-refractivity contribution in [1.82, 2.24) is 4.90 Å². The molecule has 3 heteroatoms. The molecule has 3 rings (SSSR count). The number of hydrogen-bond donors (Lipinski definition) is 0. The molecular weight excluding hydrogens is 286 g/mol. The number of fused-ring (bicyclic) bond motifs is 1. The summed E-state index contributed by atoms with van der Waals surface area (Å²) in [6.07, 6.45) is 8.03. The van der Waals surface area contributed by atoms with E-state index in [-0.39, 0.29) is 24.4 Å². The van der Waals surface area contributed by atoms with Crippen molar-refractivity contribution in [2.24, 2.45) is 11.8 Å². The van der Waals surface area contributed by atoms with E-state index in [0.29, 0.717) is 0 Å². The first-order chi connectivity index (χ1) is 11.2. The molecule has 1 aliphatic heterocycles. The second kappa shape index (κ2) is 7.02. The maximum Gasteiger partial charge on any atom is 0.310 e. The molecule has 1 fully saturated rings. The van der Waals surface area contributed by atoms with Crippen LogP contribution in [0.4, 0.5) is 0 Å². The SMILES string of the molecule is C#CCOC(=O)C1CCC(c2ccccc2)=C2CCN(C)CC21. The summed E-state index contributed by atoms with van der Waals surface area (Å²) in [5.41, 5.74) is 4.18. The minimum absolute atomic E-state index is 0.0615. The number of esters is 1. The monoisotopic (exact) mass is 309 g/mol. The molecule has 0 bridgehead atoms. The molecule has 0 amide bonds. The summed E-state index contributed by atoms with van der Waals surface area (Å²) in [4.78, 5) is 14.7. The Labute approximate surface area is 138 Å². The fraction of sp³-hybridized carbons (Fsp3) is 0.450. The number of benzene rings is 1. The Balaban J connectivity index is 1.91. The van der Waals surface area contributed by atoms with Crippen LogP contribution in [0.2, 0.25) is 0 Å². The first kappa shape index (κ1) is 15.8. The van der Waals surface area contributed by atoms with E-state index in [1.165, 1.54) is 16.7 Å². The lowest BCUT2D eigenvalue weighted by Gasteiger charge is -2.41. The van der Waals surface area contributed by atoms with E-state index in [4.69, 9.17) is 11.2 Å². The minimum Gasteiger partial charge on any atom is -0.452 e. The van der Waals surface area contributed by atoms with Gasteiger partial charge in [-0.3, -0.25) is 4.79 Å². The Hall–Kier alpha value is -2.05. The number of hydrogen-bond acceptors (Lipinski definition) is 3. The van der Waals surface area contributed by atoms with Gasteiger partial charge in [-0.1, -0.05) is 41.8 Å². The number of likely N-dealkylation sites (tertiary alicyclic amines) is 1. The van der Waals surface area contributed by atoms with Crippen molar-refractivity contribution >= 4 is 11.5 Å². The van der Waals surface area contributed by atoms with Crippen molar-refractivity contribution in [2.75, 3.05) is 26.7 Å². The molecule has 2 unspecified atom stereocenters. The van der Waals surface area contributed by atoms with Gasteiger partial charge in [0, 0.05) is 19.0 Å². The third-order valence-electron chi connectivity index (χ3n) is 5.02. The minimum atomic E-state index is -0.132. The molecule has 120 valence electrons. The number of piperidine rings is 1. The van der Waals surface area contributed by atoms with Crippen molar-refractivity contribution in [3.63, 3.8) is 0 Å². The van der Waals surface area contributed by atoms with Crippen LogP contribution < -0.4 is 0 Å². The number of nitrogens with zero attached hydrogens (tertiary/aromatic N) is 1. The van der Waals surface area contributed by atoms with Crippen LogP contribution in [0.1, 0.15) is 24.8 Å². The molecule has 1 aliphatic carbocycles. The first-order valence-corrected chi connectivity index (χ1v) is 8.26. The number of carbonyl (C=O) groups excluding carboxylic acids is 1. The molecule has 0 radical (unpaired) electrons. The molecule has 0 spiro atoms. The number of allylic oxidation sites excluding steroid dienone is 1. The lowest BCUT2D eigenvalue weighted by Crippen LogP contribution is -2.42. The average molecular weight is 309 g/mol. The van der Waals surface area contributed by atoms with Gasteiger partial charge in [0.2, 0.25) is 0 Å². The normalized spacial score (nSPS) is 24.7. The molecule has 1 aromatic rings. The van der Waals surface area contributed by atoms with Crippen molar-refractivity contribution in [1.29, 1.82) is 0 Å². The Morgan fingerprint density at radius 1 is 1.35 bits per heavy atom. The van der Waals surface area contributed by atoms with E-state index >= 15 is 0 Å². The maximum atomic E-state index is 12.4. The lowest BCUT2D eigenvalue weighted by atomic mass is 9.70. The summed E-state index contributed by atoms with van der Waals surface area (Å²) in [5.74, 6) is 2.45. The largest absolute Gasteiger partial charge is 0.452 e. The van der Waals surface area contributed by atoms with Gasteiger partial charge in [0.15, 0.2) is 6.61 Å². The molecule has 2 aliphatic rings. The van der Waals surface area contributed by atoms with Crippen molar-refractivity contribution in [2.45, 2.75) is 19.3 Å². The summed E-state index contributed by atoms with van der Waals surface area (Å²) < 4.78 is 5.24. The zero-order valence-electron chi connectivity index (χ0n) is 13.6. The highest BCUT2D eigenvalue weighted by Gasteiger charge is 2.39. The van der Waals surface area contributed by atoms with Crippen LogP contribution in [0.15, 0.2) is 35.9 Å². The van der Waals surface area contributed by atoms with Crippen LogP contribution in [-0.2, 0) is 9.53 Å². The fourth-order valence-electron chi connectivity index (χ4n) is 3.91. The van der Waals surface area contributed by atoms with Gasteiger partial charge >= 0.3 is 5.97 Å².